The molecular formula is C12H11ClN4S. The van der Waals surface area contributed by atoms with E-state index in [1.54, 1.807) is 12.3 Å². The van der Waals surface area contributed by atoms with Gasteiger partial charge in [-0.3, -0.25) is 0 Å². The molecule has 0 spiro atoms. The van der Waals surface area contributed by atoms with E-state index in [2.05, 4.69) is 20.6 Å². The lowest BCUT2D eigenvalue weighted by molar-refractivity contribution is 0.924. The number of hydrogen-bond acceptors (Lipinski definition) is 3. The van der Waals surface area contributed by atoms with Crippen LogP contribution < -0.4 is 10.6 Å². The summed E-state index contributed by atoms with van der Waals surface area (Å²) < 4.78 is 0. The van der Waals surface area contributed by atoms with Gasteiger partial charge in [-0.05, 0) is 36.0 Å². The van der Waals surface area contributed by atoms with E-state index in [0.29, 0.717) is 17.5 Å². The highest BCUT2D eigenvalue weighted by molar-refractivity contribution is 7.80. The summed E-state index contributed by atoms with van der Waals surface area (Å²) in [5, 5.41) is 7.29. The molecule has 0 bridgehead atoms. The largest absolute Gasteiger partial charge is 0.358 e. The number of hydrogen-bond donors (Lipinski definition) is 2. The summed E-state index contributed by atoms with van der Waals surface area (Å²) in [6.45, 7) is 0.633. The lowest BCUT2D eigenvalue weighted by atomic mass is 10.2. The third-order valence-corrected chi connectivity index (χ3v) is 2.69. The van der Waals surface area contributed by atoms with E-state index in [9.17, 15) is 0 Å². The first-order valence-corrected chi connectivity index (χ1v) is 6.08. The lowest BCUT2D eigenvalue weighted by Gasteiger charge is -2.09. The maximum absolute atomic E-state index is 5.81. The number of benzene rings is 1. The average Bonchev–Trinajstić information content (AvgIpc) is 2.39. The fourth-order valence-corrected chi connectivity index (χ4v) is 1.61. The van der Waals surface area contributed by atoms with Crippen LogP contribution in [0.5, 0.6) is 0 Å². The Balaban J connectivity index is 1.83. The lowest BCUT2D eigenvalue weighted by Crippen LogP contribution is -2.28. The molecule has 2 rings (SSSR count). The van der Waals surface area contributed by atoms with Crippen LogP contribution in [0.4, 0.5) is 5.82 Å². The smallest absolute Gasteiger partial charge is 0.172 e. The SMILES string of the molecule is S=C(NCc1ccc(Cl)cc1)Nc1ccncn1. The molecule has 0 saturated heterocycles. The molecule has 2 aromatic rings. The molecule has 1 aromatic heterocycles. The maximum Gasteiger partial charge on any atom is 0.172 e. The first-order valence-electron chi connectivity index (χ1n) is 5.29. The molecule has 0 aliphatic heterocycles. The number of nitrogens with one attached hydrogen (secondary N) is 2. The number of aromatic nitrogens is 2. The van der Waals surface area contributed by atoms with Gasteiger partial charge in [0.2, 0.25) is 0 Å². The van der Waals surface area contributed by atoms with Crippen molar-refractivity contribution in [3.05, 3.63) is 53.4 Å². The zero-order valence-electron chi connectivity index (χ0n) is 9.43. The normalized spacial score (nSPS) is 9.83. The fourth-order valence-electron chi connectivity index (χ4n) is 1.31. The second-order valence-corrected chi connectivity index (χ2v) is 4.37. The van der Waals surface area contributed by atoms with Crippen molar-refractivity contribution in [1.82, 2.24) is 15.3 Å². The molecule has 18 heavy (non-hydrogen) atoms. The van der Waals surface area contributed by atoms with Crippen LogP contribution in [0.1, 0.15) is 5.56 Å². The summed E-state index contributed by atoms with van der Waals surface area (Å²) in [6, 6.07) is 9.33. The minimum absolute atomic E-state index is 0.517. The Kier molecular flexibility index (Phi) is 4.44. The topological polar surface area (TPSA) is 49.8 Å². The Labute approximate surface area is 115 Å². The zero-order valence-corrected chi connectivity index (χ0v) is 11.0. The summed E-state index contributed by atoms with van der Waals surface area (Å²) in [4.78, 5) is 7.85. The first kappa shape index (κ1) is 12.7. The molecule has 0 atom stereocenters. The van der Waals surface area contributed by atoms with Crippen molar-refractivity contribution >= 4 is 34.7 Å². The molecule has 1 heterocycles. The van der Waals surface area contributed by atoms with Gasteiger partial charge >= 0.3 is 0 Å². The van der Waals surface area contributed by atoms with Gasteiger partial charge in [-0.2, -0.15) is 0 Å². The number of thiocarbonyl (C=S) groups is 1. The number of rotatable bonds is 3. The van der Waals surface area contributed by atoms with Gasteiger partial charge in [0.15, 0.2) is 5.11 Å². The van der Waals surface area contributed by atoms with Crippen LogP contribution in [-0.4, -0.2) is 15.1 Å². The minimum Gasteiger partial charge on any atom is -0.358 e. The predicted molar refractivity (Wildman–Crippen MR) is 76.5 cm³/mol. The monoisotopic (exact) mass is 278 g/mol. The molecule has 4 nitrogen and oxygen atoms in total. The Bertz CT molecular complexity index is 515. The quantitative estimate of drug-likeness (QED) is 0.846. The van der Waals surface area contributed by atoms with Gasteiger partial charge < -0.3 is 10.6 Å². The van der Waals surface area contributed by atoms with Crippen LogP contribution in [0.2, 0.25) is 5.02 Å². The van der Waals surface area contributed by atoms with Crippen molar-refractivity contribution in [3.8, 4) is 0 Å². The van der Waals surface area contributed by atoms with Gasteiger partial charge in [0.25, 0.3) is 0 Å². The van der Waals surface area contributed by atoms with Crippen molar-refractivity contribution in [2.75, 3.05) is 5.32 Å². The van der Waals surface area contributed by atoms with Gasteiger partial charge in [0.05, 0.1) is 0 Å². The Hall–Kier alpha value is -1.72. The predicted octanol–water partition coefficient (Wildman–Crippen LogP) is 2.62. The number of nitrogens with zero attached hydrogens (tertiary/aromatic N) is 2. The number of halogens is 1. The molecule has 0 radical (unpaired) electrons. The second kappa shape index (κ2) is 6.28. The van der Waals surface area contributed by atoms with Crippen LogP contribution >= 0.6 is 23.8 Å². The Morgan fingerprint density at radius 3 is 2.67 bits per heavy atom. The van der Waals surface area contributed by atoms with Crippen molar-refractivity contribution in [1.29, 1.82) is 0 Å². The molecule has 0 fully saturated rings. The molecule has 6 heteroatoms. The Morgan fingerprint density at radius 1 is 1.22 bits per heavy atom. The van der Waals surface area contributed by atoms with Crippen molar-refractivity contribution < 1.29 is 0 Å². The van der Waals surface area contributed by atoms with Gasteiger partial charge in [0.1, 0.15) is 12.1 Å². The van der Waals surface area contributed by atoms with E-state index in [4.69, 9.17) is 23.8 Å². The van der Waals surface area contributed by atoms with Gasteiger partial charge in [0, 0.05) is 17.8 Å². The molecule has 0 amide bonds. The van der Waals surface area contributed by atoms with E-state index in [-0.39, 0.29) is 0 Å². The van der Waals surface area contributed by atoms with Crippen molar-refractivity contribution in [3.63, 3.8) is 0 Å². The summed E-state index contributed by atoms with van der Waals surface area (Å²) in [5.74, 6) is 0.665. The minimum atomic E-state index is 0.517. The van der Waals surface area contributed by atoms with Crippen molar-refractivity contribution in [2.24, 2.45) is 0 Å². The van der Waals surface area contributed by atoms with E-state index in [1.165, 1.54) is 6.33 Å². The van der Waals surface area contributed by atoms with Crippen LogP contribution in [-0.2, 0) is 6.54 Å². The van der Waals surface area contributed by atoms with E-state index in [1.807, 2.05) is 24.3 Å². The van der Waals surface area contributed by atoms with Gasteiger partial charge in [-0.25, -0.2) is 9.97 Å². The van der Waals surface area contributed by atoms with E-state index < -0.39 is 0 Å². The molecule has 0 saturated carbocycles. The highest BCUT2D eigenvalue weighted by Crippen LogP contribution is 2.09. The first-order chi connectivity index (χ1) is 8.74. The molecule has 0 aliphatic rings. The molecule has 0 unspecified atom stereocenters. The van der Waals surface area contributed by atoms with Crippen LogP contribution in [0.25, 0.3) is 0 Å². The Morgan fingerprint density at radius 2 is 2.00 bits per heavy atom. The molecular weight excluding hydrogens is 268 g/mol. The van der Waals surface area contributed by atoms with E-state index >= 15 is 0 Å². The van der Waals surface area contributed by atoms with Gasteiger partial charge in [-0.1, -0.05) is 23.7 Å². The third kappa shape index (κ3) is 3.94. The maximum atomic E-state index is 5.81. The van der Waals surface area contributed by atoms with Crippen LogP contribution in [0.3, 0.4) is 0 Å². The highest BCUT2D eigenvalue weighted by Gasteiger charge is 1.98. The average molecular weight is 279 g/mol. The standard InChI is InChI=1S/C12H11ClN4S/c13-10-3-1-9(2-4-10)7-15-12(18)17-11-5-6-14-8-16-11/h1-6,8H,7H2,(H2,14,15,16,17,18). The third-order valence-electron chi connectivity index (χ3n) is 2.19. The molecule has 0 aliphatic carbocycles. The molecule has 92 valence electrons. The molecule has 2 N–H and O–H groups in total. The highest BCUT2D eigenvalue weighted by atomic mass is 35.5. The van der Waals surface area contributed by atoms with E-state index in [0.717, 1.165) is 10.6 Å². The molecule has 1 aromatic carbocycles. The van der Waals surface area contributed by atoms with Crippen LogP contribution in [0, 0.1) is 0 Å². The van der Waals surface area contributed by atoms with Gasteiger partial charge in [-0.15, -0.1) is 0 Å². The van der Waals surface area contributed by atoms with Crippen molar-refractivity contribution in [2.45, 2.75) is 6.54 Å². The fraction of sp³-hybridized carbons (Fsp3) is 0.0833. The summed E-state index contributed by atoms with van der Waals surface area (Å²) in [6.07, 6.45) is 3.11. The second-order valence-electron chi connectivity index (χ2n) is 3.53. The summed E-state index contributed by atoms with van der Waals surface area (Å²) in [5.41, 5.74) is 1.10. The zero-order chi connectivity index (χ0) is 12.8. The summed E-state index contributed by atoms with van der Waals surface area (Å²) in [7, 11) is 0. The summed E-state index contributed by atoms with van der Waals surface area (Å²) >= 11 is 11.0. The van der Waals surface area contributed by atoms with Crippen LogP contribution in [0.15, 0.2) is 42.9 Å². The number of anilines is 1.